The number of hydrogen-bond donors (Lipinski definition) is 2. The Kier molecular flexibility index (Phi) is 4.37. The number of nitrogens with two attached hydrogens (primary N) is 1. The van der Waals surface area contributed by atoms with Crippen molar-refractivity contribution in [1.82, 2.24) is 0 Å². The van der Waals surface area contributed by atoms with Crippen LogP contribution >= 0.6 is 0 Å². The second kappa shape index (κ2) is 5.55. The molecule has 1 unspecified atom stereocenters. The van der Waals surface area contributed by atoms with E-state index in [2.05, 4.69) is 5.32 Å². The molecule has 1 aromatic carbocycles. The Bertz CT molecular complexity index is 382. The van der Waals surface area contributed by atoms with Crippen LogP contribution in [0.5, 0.6) is 0 Å². The molecule has 0 saturated carbocycles. The molecular weight excluding hydrogens is 214 g/mol. The fraction of sp³-hybridized carbons (Fsp3) is 0.364. The number of rotatable bonds is 4. The summed E-state index contributed by atoms with van der Waals surface area (Å²) in [4.78, 5) is 11.4. The number of halogens is 2. The molecular formula is C11H14F2N2O. The van der Waals surface area contributed by atoms with Crippen LogP contribution in [-0.4, -0.2) is 11.9 Å². The summed E-state index contributed by atoms with van der Waals surface area (Å²) in [5.74, 6) is -1.96. The summed E-state index contributed by atoms with van der Waals surface area (Å²) in [7, 11) is 0. The molecule has 3 N–H and O–H groups in total. The Morgan fingerprint density at radius 2 is 2.19 bits per heavy atom. The van der Waals surface area contributed by atoms with Crippen LogP contribution in [0.4, 0.5) is 14.5 Å². The molecule has 1 amide bonds. The highest BCUT2D eigenvalue weighted by molar-refractivity contribution is 5.94. The van der Waals surface area contributed by atoms with Crippen molar-refractivity contribution in [3.8, 4) is 0 Å². The molecule has 0 saturated heterocycles. The van der Waals surface area contributed by atoms with Crippen LogP contribution in [0.15, 0.2) is 18.2 Å². The summed E-state index contributed by atoms with van der Waals surface area (Å²) in [5, 5.41) is 2.32. The Labute approximate surface area is 92.6 Å². The van der Waals surface area contributed by atoms with Crippen molar-refractivity contribution in [2.24, 2.45) is 5.73 Å². The fourth-order valence-electron chi connectivity index (χ4n) is 1.26. The summed E-state index contributed by atoms with van der Waals surface area (Å²) >= 11 is 0. The molecule has 0 aliphatic carbocycles. The molecule has 16 heavy (non-hydrogen) atoms. The molecule has 0 aromatic heterocycles. The normalized spacial score (nSPS) is 12.2. The number of carbonyl (C=O) groups is 1. The number of anilines is 1. The van der Waals surface area contributed by atoms with E-state index in [1.165, 1.54) is 6.07 Å². The van der Waals surface area contributed by atoms with Gasteiger partial charge in [0, 0.05) is 6.07 Å². The van der Waals surface area contributed by atoms with Gasteiger partial charge in [0.2, 0.25) is 5.91 Å². The first-order valence-corrected chi connectivity index (χ1v) is 5.06. The minimum Gasteiger partial charge on any atom is -0.322 e. The zero-order chi connectivity index (χ0) is 12.1. The standard InChI is InChI=1S/C11H14F2N2O/c1-2-3-9(14)11(16)15-10-5-4-7(12)6-8(10)13/h4-6,9H,2-3,14H2,1H3,(H,15,16). The lowest BCUT2D eigenvalue weighted by Gasteiger charge is -2.11. The van der Waals surface area contributed by atoms with E-state index < -0.39 is 23.6 Å². The number of nitrogens with one attached hydrogen (secondary N) is 1. The highest BCUT2D eigenvalue weighted by atomic mass is 19.1. The van der Waals surface area contributed by atoms with Crippen molar-refractivity contribution < 1.29 is 13.6 Å². The van der Waals surface area contributed by atoms with Gasteiger partial charge in [-0.2, -0.15) is 0 Å². The van der Waals surface area contributed by atoms with E-state index in [4.69, 9.17) is 5.73 Å². The SMILES string of the molecule is CCCC(N)C(=O)Nc1ccc(F)cc1F. The molecule has 0 fully saturated rings. The maximum Gasteiger partial charge on any atom is 0.241 e. The molecule has 0 spiro atoms. The van der Waals surface area contributed by atoms with Gasteiger partial charge in [-0.05, 0) is 18.6 Å². The molecule has 1 rings (SSSR count). The van der Waals surface area contributed by atoms with E-state index in [1.54, 1.807) is 0 Å². The molecule has 0 aliphatic heterocycles. The first-order valence-electron chi connectivity index (χ1n) is 5.06. The molecule has 0 bridgehead atoms. The second-order valence-corrected chi connectivity index (χ2v) is 3.51. The van der Waals surface area contributed by atoms with Gasteiger partial charge in [-0.15, -0.1) is 0 Å². The minimum absolute atomic E-state index is 0.0575. The Balaban J connectivity index is 2.69. The first kappa shape index (κ1) is 12.6. The molecule has 5 heteroatoms. The number of carbonyl (C=O) groups excluding carboxylic acids is 1. The molecule has 0 heterocycles. The van der Waals surface area contributed by atoms with E-state index in [0.29, 0.717) is 12.5 Å². The van der Waals surface area contributed by atoms with E-state index in [1.807, 2.05) is 6.92 Å². The van der Waals surface area contributed by atoms with E-state index in [-0.39, 0.29) is 5.69 Å². The Morgan fingerprint density at radius 1 is 1.50 bits per heavy atom. The van der Waals surface area contributed by atoms with Gasteiger partial charge in [-0.3, -0.25) is 4.79 Å². The van der Waals surface area contributed by atoms with Crippen LogP contribution in [-0.2, 0) is 4.79 Å². The quantitative estimate of drug-likeness (QED) is 0.828. The summed E-state index contributed by atoms with van der Waals surface area (Å²) in [6, 6.07) is 2.28. The Hall–Kier alpha value is -1.49. The van der Waals surface area contributed by atoms with Crippen molar-refractivity contribution in [2.75, 3.05) is 5.32 Å². The van der Waals surface area contributed by atoms with Crippen molar-refractivity contribution >= 4 is 11.6 Å². The van der Waals surface area contributed by atoms with Gasteiger partial charge >= 0.3 is 0 Å². The number of amides is 1. The van der Waals surface area contributed by atoms with Crippen LogP contribution in [0.25, 0.3) is 0 Å². The van der Waals surface area contributed by atoms with E-state index in [9.17, 15) is 13.6 Å². The predicted octanol–water partition coefficient (Wildman–Crippen LogP) is 2.03. The lowest BCUT2D eigenvalue weighted by atomic mass is 10.1. The van der Waals surface area contributed by atoms with Crippen LogP contribution in [0.1, 0.15) is 19.8 Å². The van der Waals surface area contributed by atoms with Gasteiger partial charge in [0.05, 0.1) is 11.7 Å². The van der Waals surface area contributed by atoms with Gasteiger partial charge in [0.25, 0.3) is 0 Å². The molecule has 1 aromatic rings. The van der Waals surface area contributed by atoms with E-state index >= 15 is 0 Å². The van der Waals surface area contributed by atoms with Gasteiger partial charge in [-0.25, -0.2) is 8.78 Å². The summed E-state index contributed by atoms with van der Waals surface area (Å²) < 4.78 is 25.8. The average molecular weight is 228 g/mol. The lowest BCUT2D eigenvalue weighted by Crippen LogP contribution is -2.35. The predicted molar refractivity (Wildman–Crippen MR) is 57.9 cm³/mol. The zero-order valence-corrected chi connectivity index (χ0v) is 8.97. The van der Waals surface area contributed by atoms with Crippen LogP contribution in [0.3, 0.4) is 0 Å². The third-order valence-electron chi connectivity index (χ3n) is 2.13. The van der Waals surface area contributed by atoms with Crippen molar-refractivity contribution in [2.45, 2.75) is 25.8 Å². The second-order valence-electron chi connectivity index (χ2n) is 3.51. The van der Waals surface area contributed by atoms with Crippen molar-refractivity contribution in [1.29, 1.82) is 0 Å². The highest BCUT2D eigenvalue weighted by Gasteiger charge is 2.14. The van der Waals surface area contributed by atoms with Crippen molar-refractivity contribution in [3.05, 3.63) is 29.8 Å². The third-order valence-corrected chi connectivity index (χ3v) is 2.13. The highest BCUT2D eigenvalue weighted by Crippen LogP contribution is 2.15. The van der Waals surface area contributed by atoms with E-state index in [0.717, 1.165) is 12.5 Å². The topological polar surface area (TPSA) is 55.1 Å². The molecule has 88 valence electrons. The van der Waals surface area contributed by atoms with Crippen LogP contribution in [0, 0.1) is 11.6 Å². The van der Waals surface area contributed by atoms with Crippen molar-refractivity contribution in [3.63, 3.8) is 0 Å². The smallest absolute Gasteiger partial charge is 0.241 e. The fourth-order valence-corrected chi connectivity index (χ4v) is 1.26. The molecule has 3 nitrogen and oxygen atoms in total. The van der Waals surface area contributed by atoms with Gasteiger partial charge in [0.1, 0.15) is 11.6 Å². The van der Waals surface area contributed by atoms with Gasteiger partial charge in [-0.1, -0.05) is 13.3 Å². The zero-order valence-electron chi connectivity index (χ0n) is 8.97. The number of benzene rings is 1. The maximum atomic E-state index is 13.2. The first-order chi connectivity index (χ1) is 7.54. The largest absolute Gasteiger partial charge is 0.322 e. The third kappa shape index (κ3) is 3.27. The summed E-state index contributed by atoms with van der Waals surface area (Å²) in [6.45, 7) is 1.89. The lowest BCUT2D eigenvalue weighted by molar-refractivity contribution is -0.117. The van der Waals surface area contributed by atoms with Crippen LogP contribution < -0.4 is 11.1 Å². The molecule has 0 aliphatic rings. The van der Waals surface area contributed by atoms with Gasteiger partial charge < -0.3 is 11.1 Å². The molecule has 0 radical (unpaired) electrons. The minimum atomic E-state index is -0.808. The molecule has 1 atom stereocenters. The monoisotopic (exact) mass is 228 g/mol. The number of hydrogen-bond acceptors (Lipinski definition) is 2. The summed E-state index contributed by atoms with van der Waals surface area (Å²) in [6.07, 6.45) is 1.29. The summed E-state index contributed by atoms with van der Waals surface area (Å²) in [5.41, 5.74) is 5.49. The Morgan fingerprint density at radius 3 is 2.75 bits per heavy atom. The maximum absolute atomic E-state index is 13.2. The average Bonchev–Trinajstić information content (AvgIpc) is 2.22. The van der Waals surface area contributed by atoms with Gasteiger partial charge in [0.15, 0.2) is 0 Å². The van der Waals surface area contributed by atoms with Crippen LogP contribution in [0.2, 0.25) is 0 Å².